The second kappa shape index (κ2) is 6.62. The number of ether oxygens (including phenoxy) is 1. The zero-order valence-electron chi connectivity index (χ0n) is 11.5. The molecule has 1 unspecified atom stereocenters. The van der Waals surface area contributed by atoms with Crippen LogP contribution in [0.1, 0.15) is 30.6 Å². The Morgan fingerprint density at radius 3 is 2.45 bits per heavy atom. The average Bonchev–Trinajstić information content (AvgIpc) is 2.45. The van der Waals surface area contributed by atoms with Crippen molar-refractivity contribution in [3.63, 3.8) is 0 Å². The number of hydrogen-bond acceptors (Lipinski definition) is 3. The van der Waals surface area contributed by atoms with Crippen LogP contribution in [-0.2, 0) is 4.79 Å². The summed E-state index contributed by atoms with van der Waals surface area (Å²) in [5, 5.41) is 11.6. The molecule has 1 aromatic rings. The van der Waals surface area contributed by atoms with Crippen molar-refractivity contribution in [2.24, 2.45) is 0 Å². The summed E-state index contributed by atoms with van der Waals surface area (Å²) in [5.74, 6) is 1.38. The van der Waals surface area contributed by atoms with Gasteiger partial charge in [-0.2, -0.15) is 0 Å². The molecule has 0 aromatic heterocycles. The number of carbonyl (C=O) groups is 2. The Morgan fingerprint density at radius 2 is 2.00 bits per heavy atom. The van der Waals surface area contributed by atoms with Gasteiger partial charge in [-0.1, -0.05) is 12.8 Å². The van der Waals surface area contributed by atoms with Crippen LogP contribution in [0.3, 0.4) is 0 Å². The second-order valence-electron chi connectivity index (χ2n) is 4.46. The molecule has 5 nitrogen and oxygen atoms in total. The lowest BCUT2D eigenvalue weighted by molar-refractivity contribution is -0.143. The molecule has 0 radical (unpaired) electrons. The van der Waals surface area contributed by atoms with Crippen molar-refractivity contribution < 1.29 is 19.4 Å². The number of benzene rings is 1. The highest BCUT2D eigenvalue weighted by Gasteiger charge is 2.32. The van der Waals surface area contributed by atoms with Crippen LogP contribution in [0.2, 0.25) is 0 Å². The lowest BCUT2D eigenvalue weighted by Crippen LogP contribution is -2.51. The van der Waals surface area contributed by atoms with E-state index in [2.05, 4.69) is 11.2 Å². The van der Waals surface area contributed by atoms with Crippen LogP contribution in [0.15, 0.2) is 24.3 Å². The molecular formula is C15H17NO4. The van der Waals surface area contributed by atoms with Crippen LogP contribution in [0.25, 0.3) is 0 Å². The number of amides is 1. The van der Waals surface area contributed by atoms with E-state index in [0.717, 1.165) is 0 Å². The molecule has 106 valence electrons. The van der Waals surface area contributed by atoms with E-state index < -0.39 is 17.4 Å². The Kier molecular flexibility index (Phi) is 5.15. The first kappa shape index (κ1) is 15.6. The van der Waals surface area contributed by atoms with Crippen LogP contribution in [0, 0.1) is 12.3 Å². The van der Waals surface area contributed by atoms with Gasteiger partial charge in [-0.25, -0.2) is 4.79 Å². The van der Waals surface area contributed by atoms with Gasteiger partial charge in [0.05, 0.1) is 0 Å². The molecular weight excluding hydrogens is 258 g/mol. The molecule has 0 bridgehead atoms. The quantitative estimate of drug-likeness (QED) is 0.774. The fraction of sp³-hybridized carbons (Fsp3) is 0.333. The molecule has 2 N–H and O–H groups in total. The van der Waals surface area contributed by atoms with Gasteiger partial charge < -0.3 is 15.2 Å². The van der Waals surface area contributed by atoms with Crippen LogP contribution in [0.5, 0.6) is 5.75 Å². The molecule has 0 saturated carbocycles. The summed E-state index contributed by atoms with van der Waals surface area (Å²) in [5.41, 5.74) is -0.922. The van der Waals surface area contributed by atoms with Gasteiger partial charge in [0.15, 0.2) is 0 Å². The maximum absolute atomic E-state index is 12.0. The van der Waals surface area contributed by atoms with Crippen LogP contribution in [0.4, 0.5) is 0 Å². The molecule has 0 spiro atoms. The standard InChI is InChI=1S/C15H17NO4/c1-4-10-20-12-8-6-11(7-9-12)13(17)16-15(3,5-2)14(18)19/h1,6-9H,5,10H2,2-3H3,(H,16,17)(H,18,19). The van der Waals surface area contributed by atoms with E-state index in [1.807, 2.05) is 0 Å². The molecule has 0 aliphatic rings. The smallest absolute Gasteiger partial charge is 0.329 e. The van der Waals surface area contributed by atoms with Gasteiger partial charge in [-0.15, -0.1) is 6.42 Å². The second-order valence-corrected chi connectivity index (χ2v) is 4.46. The zero-order valence-corrected chi connectivity index (χ0v) is 11.5. The van der Waals surface area contributed by atoms with Crippen LogP contribution in [-0.4, -0.2) is 29.1 Å². The van der Waals surface area contributed by atoms with Gasteiger partial charge in [0.25, 0.3) is 5.91 Å². The minimum absolute atomic E-state index is 0.151. The van der Waals surface area contributed by atoms with Gasteiger partial charge >= 0.3 is 5.97 Å². The molecule has 5 heteroatoms. The number of terminal acetylenes is 1. The number of carboxylic acid groups (broad SMARTS) is 1. The summed E-state index contributed by atoms with van der Waals surface area (Å²) >= 11 is 0. The Balaban J connectivity index is 2.78. The number of carbonyl (C=O) groups excluding carboxylic acids is 1. The maximum Gasteiger partial charge on any atom is 0.329 e. The van der Waals surface area contributed by atoms with E-state index in [1.54, 1.807) is 31.2 Å². The highest BCUT2D eigenvalue weighted by atomic mass is 16.5. The van der Waals surface area contributed by atoms with Gasteiger partial charge in [-0.3, -0.25) is 4.79 Å². The first-order valence-electron chi connectivity index (χ1n) is 6.15. The zero-order chi connectivity index (χ0) is 15.2. The first-order chi connectivity index (χ1) is 9.42. The van der Waals surface area contributed by atoms with E-state index >= 15 is 0 Å². The minimum atomic E-state index is -1.28. The highest BCUT2D eigenvalue weighted by molar-refractivity contribution is 5.97. The van der Waals surface area contributed by atoms with E-state index in [1.165, 1.54) is 6.92 Å². The van der Waals surface area contributed by atoms with Crippen molar-refractivity contribution in [1.29, 1.82) is 0 Å². The van der Waals surface area contributed by atoms with E-state index in [-0.39, 0.29) is 13.0 Å². The summed E-state index contributed by atoms with van der Waals surface area (Å²) < 4.78 is 5.19. The summed E-state index contributed by atoms with van der Waals surface area (Å²) in [6, 6.07) is 6.32. The molecule has 0 aliphatic carbocycles. The lowest BCUT2D eigenvalue weighted by atomic mass is 9.98. The third-order valence-electron chi connectivity index (χ3n) is 3.01. The largest absolute Gasteiger partial charge is 0.481 e. The molecule has 1 atom stereocenters. The number of nitrogens with one attached hydrogen (secondary N) is 1. The highest BCUT2D eigenvalue weighted by Crippen LogP contribution is 2.14. The fourth-order valence-corrected chi connectivity index (χ4v) is 1.44. The Hall–Kier alpha value is -2.48. The number of rotatable bonds is 6. The van der Waals surface area contributed by atoms with Gasteiger partial charge in [0.1, 0.15) is 17.9 Å². The van der Waals surface area contributed by atoms with Crippen molar-refractivity contribution in [2.45, 2.75) is 25.8 Å². The van der Waals surface area contributed by atoms with Crippen molar-refractivity contribution in [2.75, 3.05) is 6.61 Å². The molecule has 0 saturated heterocycles. The Bertz CT molecular complexity index is 530. The number of hydrogen-bond donors (Lipinski definition) is 2. The molecule has 1 aromatic carbocycles. The summed E-state index contributed by atoms with van der Waals surface area (Å²) in [7, 11) is 0. The van der Waals surface area contributed by atoms with Crippen molar-refractivity contribution in [3.8, 4) is 18.1 Å². The monoisotopic (exact) mass is 275 g/mol. The minimum Gasteiger partial charge on any atom is -0.481 e. The normalized spacial score (nSPS) is 12.8. The Morgan fingerprint density at radius 1 is 1.40 bits per heavy atom. The molecule has 20 heavy (non-hydrogen) atoms. The van der Waals surface area contributed by atoms with Crippen molar-refractivity contribution in [1.82, 2.24) is 5.32 Å². The number of carboxylic acids is 1. The summed E-state index contributed by atoms with van der Waals surface area (Å²) in [4.78, 5) is 23.1. The third kappa shape index (κ3) is 3.75. The summed E-state index contributed by atoms with van der Waals surface area (Å²) in [6.07, 6.45) is 5.36. The van der Waals surface area contributed by atoms with E-state index in [0.29, 0.717) is 11.3 Å². The van der Waals surface area contributed by atoms with Gasteiger partial charge in [-0.05, 0) is 37.6 Å². The topological polar surface area (TPSA) is 75.6 Å². The lowest BCUT2D eigenvalue weighted by Gasteiger charge is -2.24. The fourth-order valence-electron chi connectivity index (χ4n) is 1.44. The average molecular weight is 275 g/mol. The summed E-state index contributed by atoms with van der Waals surface area (Å²) in [6.45, 7) is 3.32. The van der Waals surface area contributed by atoms with Crippen LogP contribution < -0.4 is 10.1 Å². The molecule has 1 rings (SSSR count). The molecule has 0 heterocycles. The predicted molar refractivity (Wildman–Crippen MR) is 74.6 cm³/mol. The van der Waals surface area contributed by atoms with Crippen molar-refractivity contribution >= 4 is 11.9 Å². The first-order valence-corrected chi connectivity index (χ1v) is 6.15. The number of aliphatic carboxylic acids is 1. The van der Waals surface area contributed by atoms with Crippen molar-refractivity contribution in [3.05, 3.63) is 29.8 Å². The van der Waals surface area contributed by atoms with Gasteiger partial charge in [0, 0.05) is 5.56 Å². The predicted octanol–water partition coefficient (Wildman–Crippen LogP) is 1.68. The molecule has 1 amide bonds. The SMILES string of the molecule is C#CCOc1ccc(C(=O)NC(C)(CC)C(=O)O)cc1. The van der Waals surface area contributed by atoms with E-state index in [4.69, 9.17) is 16.3 Å². The molecule has 0 fully saturated rings. The third-order valence-corrected chi connectivity index (χ3v) is 3.01. The molecule has 0 aliphatic heterocycles. The maximum atomic E-state index is 12.0. The van der Waals surface area contributed by atoms with Crippen LogP contribution >= 0.6 is 0 Å². The van der Waals surface area contributed by atoms with Gasteiger partial charge in [0.2, 0.25) is 0 Å². The van der Waals surface area contributed by atoms with E-state index in [9.17, 15) is 9.59 Å². The Labute approximate surface area is 117 Å².